The standard InChI is InChI=1S/C19H32N4O2.HI/c1-4-12-23-13-9-16(10-14-23)22-19(20-2)21-11-15-25-18-7-5-17(24-3)6-8-18;/h5-8,16H,4,9-15H2,1-3H3,(H2,20,21,22);1H. The van der Waals surface area contributed by atoms with E-state index in [0.717, 1.165) is 17.5 Å². The topological polar surface area (TPSA) is 58.1 Å². The molecule has 0 saturated carbocycles. The maximum atomic E-state index is 5.72. The molecule has 0 aliphatic carbocycles. The van der Waals surface area contributed by atoms with Crippen LogP contribution in [0.1, 0.15) is 26.2 Å². The van der Waals surface area contributed by atoms with Crippen molar-refractivity contribution in [1.82, 2.24) is 15.5 Å². The number of hydrogen-bond donors (Lipinski definition) is 2. The number of halogens is 1. The molecule has 1 heterocycles. The predicted octanol–water partition coefficient (Wildman–Crippen LogP) is 2.73. The molecule has 1 fully saturated rings. The minimum absolute atomic E-state index is 0. The highest BCUT2D eigenvalue weighted by Crippen LogP contribution is 2.16. The van der Waals surface area contributed by atoms with Crippen molar-refractivity contribution in [3.05, 3.63) is 24.3 Å². The average molecular weight is 476 g/mol. The third-order valence-electron chi connectivity index (χ3n) is 4.41. The van der Waals surface area contributed by atoms with Gasteiger partial charge in [-0.05, 0) is 50.1 Å². The van der Waals surface area contributed by atoms with Crippen LogP contribution in [0.4, 0.5) is 0 Å². The highest BCUT2D eigenvalue weighted by Gasteiger charge is 2.19. The van der Waals surface area contributed by atoms with Gasteiger partial charge in [0, 0.05) is 26.2 Å². The summed E-state index contributed by atoms with van der Waals surface area (Å²) < 4.78 is 10.9. The number of nitrogens with zero attached hydrogens (tertiary/aromatic N) is 2. The molecule has 1 aliphatic heterocycles. The van der Waals surface area contributed by atoms with E-state index in [2.05, 4.69) is 27.4 Å². The van der Waals surface area contributed by atoms with E-state index >= 15 is 0 Å². The van der Waals surface area contributed by atoms with Crippen LogP contribution < -0.4 is 20.1 Å². The van der Waals surface area contributed by atoms with Gasteiger partial charge in [0.05, 0.1) is 13.7 Å². The molecule has 7 heteroatoms. The van der Waals surface area contributed by atoms with Crippen LogP contribution in [-0.2, 0) is 0 Å². The Morgan fingerprint density at radius 1 is 1.19 bits per heavy atom. The molecule has 6 nitrogen and oxygen atoms in total. The normalized spacial score (nSPS) is 15.9. The lowest BCUT2D eigenvalue weighted by atomic mass is 10.1. The second kappa shape index (κ2) is 13.0. The third kappa shape index (κ3) is 7.99. The van der Waals surface area contributed by atoms with Crippen LogP contribution in [-0.4, -0.2) is 63.8 Å². The van der Waals surface area contributed by atoms with Gasteiger partial charge in [-0.1, -0.05) is 6.92 Å². The molecule has 0 amide bonds. The lowest BCUT2D eigenvalue weighted by molar-refractivity contribution is 0.206. The molecule has 0 spiro atoms. The summed E-state index contributed by atoms with van der Waals surface area (Å²) >= 11 is 0. The molecule has 1 aromatic rings. The summed E-state index contributed by atoms with van der Waals surface area (Å²) in [4.78, 5) is 6.85. The zero-order valence-electron chi connectivity index (χ0n) is 16.2. The van der Waals surface area contributed by atoms with Crippen LogP contribution in [0.2, 0.25) is 0 Å². The van der Waals surface area contributed by atoms with Crippen LogP contribution in [0.3, 0.4) is 0 Å². The van der Waals surface area contributed by atoms with Gasteiger partial charge in [0.2, 0.25) is 0 Å². The predicted molar refractivity (Wildman–Crippen MR) is 118 cm³/mol. The van der Waals surface area contributed by atoms with Gasteiger partial charge >= 0.3 is 0 Å². The number of benzene rings is 1. The fourth-order valence-electron chi connectivity index (χ4n) is 3.02. The Balaban J connectivity index is 0.00000338. The fraction of sp³-hybridized carbons (Fsp3) is 0.632. The van der Waals surface area contributed by atoms with Crippen molar-refractivity contribution >= 4 is 29.9 Å². The van der Waals surface area contributed by atoms with E-state index < -0.39 is 0 Å². The van der Waals surface area contributed by atoms with Crippen molar-refractivity contribution in [2.45, 2.75) is 32.2 Å². The van der Waals surface area contributed by atoms with Crippen LogP contribution >= 0.6 is 24.0 Å². The lowest BCUT2D eigenvalue weighted by Crippen LogP contribution is -2.49. The highest BCUT2D eigenvalue weighted by atomic mass is 127. The first-order valence-corrected chi connectivity index (χ1v) is 9.21. The van der Waals surface area contributed by atoms with Gasteiger partial charge in [0.1, 0.15) is 18.1 Å². The minimum atomic E-state index is 0. The van der Waals surface area contributed by atoms with E-state index in [1.54, 1.807) is 7.11 Å². The molecule has 2 rings (SSSR count). The maximum absolute atomic E-state index is 5.72. The van der Waals surface area contributed by atoms with Crippen molar-refractivity contribution in [1.29, 1.82) is 0 Å². The summed E-state index contributed by atoms with van der Waals surface area (Å²) in [6.45, 7) is 7.08. The number of guanidine groups is 1. The molecular weight excluding hydrogens is 443 g/mol. The number of likely N-dealkylation sites (tertiary alicyclic amines) is 1. The largest absolute Gasteiger partial charge is 0.497 e. The van der Waals surface area contributed by atoms with E-state index in [0.29, 0.717) is 19.2 Å². The molecule has 1 aromatic carbocycles. The molecule has 0 aromatic heterocycles. The number of rotatable bonds is 8. The number of ether oxygens (including phenoxy) is 2. The average Bonchev–Trinajstić information content (AvgIpc) is 2.66. The maximum Gasteiger partial charge on any atom is 0.191 e. The van der Waals surface area contributed by atoms with E-state index in [9.17, 15) is 0 Å². The second-order valence-electron chi connectivity index (χ2n) is 6.28. The van der Waals surface area contributed by atoms with Crippen molar-refractivity contribution in [2.75, 3.05) is 46.9 Å². The Kier molecular flexibility index (Phi) is 11.4. The molecule has 0 atom stereocenters. The van der Waals surface area contributed by atoms with E-state index in [1.165, 1.54) is 38.9 Å². The molecule has 0 radical (unpaired) electrons. The van der Waals surface area contributed by atoms with Gasteiger partial charge in [0.15, 0.2) is 5.96 Å². The Morgan fingerprint density at radius 2 is 1.85 bits per heavy atom. The summed E-state index contributed by atoms with van der Waals surface area (Å²) in [5, 5.41) is 6.84. The monoisotopic (exact) mass is 476 g/mol. The quantitative estimate of drug-likeness (QED) is 0.262. The Labute approximate surface area is 174 Å². The second-order valence-corrected chi connectivity index (χ2v) is 6.28. The Morgan fingerprint density at radius 3 is 2.42 bits per heavy atom. The number of nitrogens with one attached hydrogen (secondary N) is 2. The van der Waals surface area contributed by atoms with Crippen molar-refractivity contribution in [3.63, 3.8) is 0 Å². The van der Waals surface area contributed by atoms with Gasteiger partial charge in [-0.15, -0.1) is 24.0 Å². The number of aliphatic imine (C=N–C) groups is 1. The van der Waals surface area contributed by atoms with E-state index in [4.69, 9.17) is 9.47 Å². The fourth-order valence-corrected chi connectivity index (χ4v) is 3.02. The van der Waals surface area contributed by atoms with Crippen molar-refractivity contribution < 1.29 is 9.47 Å². The van der Waals surface area contributed by atoms with Gasteiger partial charge in [-0.25, -0.2) is 0 Å². The molecule has 0 unspecified atom stereocenters. The van der Waals surface area contributed by atoms with Gasteiger partial charge in [-0.3, -0.25) is 4.99 Å². The molecular formula is C19H33IN4O2. The first-order chi connectivity index (χ1) is 12.2. The van der Waals surface area contributed by atoms with Crippen LogP contribution in [0.25, 0.3) is 0 Å². The molecule has 1 aliphatic rings. The van der Waals surface area contributed by atoms with Gasteiger partial charge in [-0.2, -0.15) is 0 Å². The smallest absolute Gasteiger partial charge is 0.191 e. The first-order valence-electron chi connectivity index (χ1n) is 9.21. The number of methoxy groups -OCH3 is 1. The van der Waals surface area contributed by atoms with Crippen molar-refractivity contribution in [2.24, 2.45) is 4.99 Å². The van der Waals surface area contributed by atoms with Gasteiger partial charge < -0.3 is 25.0 Å². The van der Waals surface area contributed by atoms with Crippen LogP contribution in [0.15, 0.2) is 29.3 Å². The molecule has 2 N–H and O–H groups in total. The number of hydrogen-bond acceptors (Lipinski definition) is 4. The first kappa shape index (κ1) is 22.8. The molecule has 148 valence electrons. The third-order valence-corrected chi connectivity index (χ3v) is 4.41. The van der Waals surface area contributed by atoms with Gasteiger partial charge in [0.25, 0.3) is 0 Å². The SMILES string of the molecule is CCCN1CCC(NC(=NC)NCCOc2ccc(OC)cc2)CC1.I. The summed E-state index contributed by atoms with van der Waals surface area (Å²) in [5.41, 5.74) is 0. The zero-order valence-corrected chi connectivity index (χ0v) is 18.5. The summed E-state index contributed by atoms with van der Waals surface area (Å²) in [6.07, 6.45) is 3.57. The lowest BCUT2D eigenvalue weighted by Gasteiger charge is -2.32. The molecule has 0 bridgehead atoms. The Hall–Kier alpha value is -1.22. The highest BCUT2D eigenvalue weighted by molar-refractivity contribution is 14.0. The Bertz CT molecular complexity index is 517. The van der Waals surface area contributed by atoms with E-state index in [-0.39, 0.29) is 24.0 Å². The summed E-state index contributed by atoms with van der Waals surface area (Å²) in [5.74, 6) is 2.53. The zero-order chi connectivity index (χ0) is 17.9. The van der Waals surface area contributed by atoms with Crippen molar-refractivity contribution in [3.8, 4) is 11.5 Å². The summed E-state index contributed by atoms with van der Waals surface area (Å²) in [7, 11) is 3.47. The summed E-state index contributed by atoms with van der Waals surface area (Å²) in [6, 6.07) is 8.12. The minimum Gasteiger partial charge on any atom is -0.497 e. The van der Waals surface area contributed by atoms with Crippen LogP contribution in [0, 0.1) is 0 Å². The molecule has 26 heavy (non-hydrogen) atoms. The van der Waals surface area contributed by atoms with Crippen LogP contribution in [0.5, 0.6) is 11.5 Å². The number of piperidine rings is 1. The van der Waals surface area contributed by atoms with E-state index in [1.807, 2.05) is 31.3 Å². The molecule has 1 saturated heterocycles.